The molecule has 0 saturated carbocycles. The van der Waals surface area contributed by atoms with E-state index in [0.717, 1.165) is 24.6 Å². The summed E-state index contributed by atoms with van der Waals surface area (Å²) < 4.78 is 0. The second kappa shape index (κ2) is 6.92. The maximum atomic E-state index is 11.7. The lowest BCUT2D eigenvalue weighted by atomic mass is 10.1. The fraction of sp³-hybridized carbons (Fsp3) is 0.273. The van der Waals surface area contributed by atoms with Crippen molar-refractivity contribution >= 4 is 23.5 Å². The predicted molar refractivity (Wildman–Crippen MR) is 70.6 cm³/mol. The van der Waals surface area contributed by atoms with Crippen LogP contribution in [0.4, 0.5) is 11.4 Å². The summed E-state index contributed by atoms with van der Waals surface area (Å²) in [5.74, 6) is -0.746. The van der Waals surface area contributed by atoms with Crippen LogP contribution in [-0.4, -0.2) is 22.0 Å². The molecule has 0 radical (unpaired) electrons. The van der Waals surface area contributed by atoms with Crippen LogP contribution in [0.2, 0.25) is 0 Å². The van der Waals surface area contributed by atoms with Gasteiger partial charge in [-0.05, 0) is 6.42 Å². The van der Waals surface area contributed by atoms with E-state index in [0.29, 0.717) is 6.42 Å². The van der Waals surface area contributed by atoms with E-state index >= 15 is 0 Å². The van der Waals surface area contributed by atoms with Gasteiger partial charge in [0.1, 0.15) is 0 Å². The number of nitro groups is 2. The zero-order valence-electron chi connectivity index (χ0n) is 10.6. The van der Waals surface area contributed by atoms with Gasteiger partial charge in [-0.1, -0.05) is 13.3 Å². The Morgan fingerprint density at radius 1 is 1.25 bits per heavy atom. The minimum absolute atomic E-state index is 0.195. The van der Waals surface area contributed by atoms with E-state index in [1.165, 1.54) is 6.21 Å². The third kappa shape index (κ3) is 4.12. The van der Waals surface area contributed by atoms with Gasteiger partial charge in [-0.3, -0.25) is 25.0 Å². The molecular formula is C11H12N4O5. The first-order chi connectivity index (χ1) is 9.45. The van der Waals surface area contributed by atoms with E-state index in [1.54, 1.807) is 0 Å². The highest BCUT2D eigenvalue weighted by molar-refractivity contribution is 5.95. The van der Waals surface area contributed by atoms with E-state index in [9.17, 15) is 25.0 Å². The largest absolute Gasteiger partial charge is 0.277 e. The van der Waals surface area contributed by atoms with Crippen LogP contribution >= 0.6 is 0 Å². The highest BCUT2D eigenvalue weighted by Gasteiger charge is 2.19. The highest BCUT2D eigenvalue weighted by Crippen LogP contribution is 2.22. The summed E-state index contributed by atoms with van der Waals surface area (Å²) in [5, 5.41) is 25.0. The van der Waals surface area contributed by atoms with Gasteiger partial charge in [-0.15, -0.1) is 0 Å². The summed E-state index contributed by atoms with van der Waals surface area (Å²) in [4.78, 5) is 31.4. The number of nitro benzene ring substituents is 2. The van der Waals surface area contributed by atoms with Crippen LogP contribution < -0.4 is 5.43 Å². The lowest BCUT2D eigenvalue weighted by Gasteiger charge is -2.00. The van der Waals surface area contributed by atoms with Gasteiger partial charge < -0.3 is 0 Å². The molecule has 1 rings (SSSR count). The number of hydrogen-bond donors (Lipinski definition) is 1. The summed E-state index contributed by atoms with van der Waals surface area (Å²) in [6.07, 6.45) is 2.99. The molecule has 0 unspecified atom stereocenters. The summed E-state index contributed by atoms with van der Waals surface area (Å²) in [6.45, 7) is 1.93. The monoisotopic (exact) mass is 280 g/mol. The predicted octanol–water partition coefficient (Wildman–Crippen LogP) is 2.02. The Morgan fingerprint density at radius 2 is 1.80 bits per heavy atom. The number of unbranched alkanes of at least 4 members (excludes halogenated alkanes) is 1. The van der Waals surface area contributed by atoms with Crippen molar-refractivity contribution in [1.29, 1.82) is 0 Å². The van der Waals surface area contributed by atoms with Crippen molar-refractivity contribution in [3.05, 3.63) is 44.0 Å². The van der Waals surface area contributed by atoms with Crippen molar-refractivity contribution in [3.8, 4) is 0 Å². The first kappa shape index (κ1) is 15.2. The lowest BCUT2D eigenvalue weighted by Crippen LogP contribution is -2.17. The maximum Gasteiger partial charge on any atom is 0.277 e. The first-order valence-corrected chi connectivity index (χ1v) is 5.71. The number of rotatable bonds is 6. The van der Waals surface area contributed by atoms with Crippen LogP contribution in [0.1, 0.15) is 30.1 Å². The van der Waals surface area contributed by atoms with Gasteiger partial charge in [-0.2, -0.15) is 5.10 Å². The molecule has 0 atom stereocenters. The van der Waals surface area contributed by atoms with Gasteiger partial charge >= 0.3 is 0 Å². The molecule has 0 spiro atoms. The van der Waals surface area contributed by atoms with Crippen LogP contribution in [0, 0.1) is 20.2 Å². The number of benzene rings is 1. The van der Waals surface area contributed by atoms with Gasteiger partial charge in [0, 0.05) is 18.3 Å². The summed E-state index contributed by atoms with van der Waals surface area (Å²) in [5.41, 5.74) is 0.904. The number of carbonyl (C=O) groups is 1. The van der Waals surface area contributed by atoms with E-state index in [4.69, 9.17) is 0 Å². The van der Waals surface area contributed by atoms with E-state index < -0.39 is 27.1 Å². The molecule has 0 aliphatic heterocycles. The maximum absolute atomic E-state index is 11.7. The smallest absolute Gasteiger partial charge is 0.267 e. The van der Waals surface area contributed by atoms with Crippen LogP contribution in [0.3, 0.4) is 0 Å². The summed E-state index contributed by atoms with van der Waals surface area (Å²) in [6, 6.07) is 2.70. The Labute approximate surface area is 113 Å². The quantitative estimate of drug-likeness (QED) is 0.484. The topological polar surface area (TPSA) is 128 Å². The molecule has 0 aliphatic carbocycles. The van der Waals surface area contributed by atoms with Gasteiger partial charge in [0.25, 0.3) is 17.3 Å². The average molecular weight is 280 g/mol. The Kier molecular flexibility index (Phi) is 5.27. The van der Waals surface area contributed by atoms with Gasteiger partial charge in [0.15, 0.2) is 0 Å². The fourth-order valence-electron chi connectivity index (χ4n) is 1.30. The van der Waals surface area contributed by atoms with Crippen molar-refractivity contribution in [2.45, 2.75) is 19.8 Å². The van der Waals surface area contributed by atoms with E-state index in [-0.39, 0.29) is 5.56 Å². The van der Waals surface area contributed by atoms with Crippen LogP contribution in [0.25, 0.3) is 0 Å². The molecular weight excluding hydrogens is 268 g/mol. The first-order valence-electron chi connectivity index (χ1n) is 5.71. The second-order valence-corrected chi connectivity index (χ2v) is 3.79. The molecule has 0 saturated heterocycles. The fourth-order valence-corrected chi connectivity index (χ4v) is 1.30. The normalized spacial score (nSPS) is 10.4. The van der Waals surface area contributed by atoms with Gasteiger partial charge in [0.2, 0.25) is 0 Å². The molecule has 0 fully saturated rings. The number of amides is 1. The molecule has 20 heavy (non-hydrogen) atoms. The van der Waals surface area contributed by atoms with E-state index in [2.05, 4.69) is 10.5 Å². The lowest BCUT2D eigenvalue weighted by molar-refractivity contribution is -0.394. The Hall–Kier alpha value is -2.84. The van der Waals surface area contributed by atoms with Crippen molar-refractivity contribution in [2.75, 3.05) is 0 Å². The number of hydrazone groups is 1. The average Bonchev–Trinajstić information content (AvgIpc) is 2.42. The number of hydrogen-bond acceptors (Lipinski definition) is 6. The van der Waals surface area contributed by atoms with Crippen LogP contribution in [0.5, 0.6) is 0 Å². The van der Waals surface area contributed by atoms with Gasteiger partial charge in [0.05, 0.1) is 21.5 Å². The molecule has 0 aliphatic rings. The molecule has 0 bridgehead atoms. The number of nitrogens with one attached hydrogen (secondary N) is 1. The molecule has 1 aromatic rings. The Bertz CT molecular complexity index is 538. The van der Waals surface area contributed by atoms with Gasteiger partial charge in [-0.25, -0.2) is 5.43 Å². The Balaban J connectivity index is 3.01. The minimum atomic E-state index is -0.801. The number of non-ortho nitro benzene ring substituents is 2. The summed E-state index contributed by atoms with van der Waals surface area (Å²) >= 11 is 0. The molecule has 0 heterocycles. The number of carbonyl (C=O) groups excluding carboxylic acids is 1. The third-order valence-corrected chi connectivity index (χ3v) is 2.26. The van der Waals surface area contributed by atoms with Crippen molar-refractivity contribution in [1.82, 2.24) is 5.43 Å². The molecule has 9 nitrogen and oxygen atoms in total. The number of nitrogens with zero attached hydrogens (tertiary/aromatic N) is 3. The van der Waals surface area contributed by atoms with Crippen molar-refractivity contribution < 1.29 is 14.6 Å². The zero-order chi connectivity index (χ0) is 15.1. The molecule has 1 aromatic carbocycles. The molecule has 106 valence electrons. The second-order valence-electron chi connectivity index (χ2n) is 3.79. The van der Waals surface area contributed by atoms with Crippen molar-refractivity contribution in [3.63, 3.8) is 0 Å². The third-order valence-electron chi connectivity index (χ3n) is 2.26. The Morgan fingerprint density at radius 3 is 2.25 bits per heavy atom. The molecule has 0 aromatic heterocycles. The van der Waals surface area contributed by atoms with Crippen molar-refractivity contribution in [2.24, 2.45) is 5.10 Å². The molecule has 1 amide bonds. The van der Waals surface area contributed by atoms with E-state index in [1.807, 2.05) is 6.92 Å². The van der Waals surface area contributed by atoms with Crippen LogP contribution in [0.15, 0.2) is 23.3 Å². The molecule has 9 heteroatoms. The molecule has 1 N–H and O–H groups in total. The van der Waals surface area contributed by atoms with Crippen LogP contribution in [-0.2, 0) is 0 Å². The summed E-state index contributed by atoms with van der Waals surface area (Å²) in [7, 11) is 0. The minimum Gasteiger partial charge on any atom is -0.267 e. The highest BCUT2D eigenvalue weighted by atomic mass is 16.6. The SMILES string of the molecule is CCC/C=N/NC(=O)c1cc([N+](=O)[O-])cc([N+](=O)[O-])c1. The standard InChI is InChI=1S/C11H12N4O5/c1-2-3-4-12-13-11(16)8-5-9(14(17)18)7-10(6-8)15(19)20/h4-7H,2-3H2,1H3,(H,13,16)/b12-4+. The zero-order valence-corrected chi connectivity index (χ0v) is 10.6.